The number of halogens is 1. The van der Waals surface area contributed by atoms with Gasteiger partial charge in [0.05, 0.1) is 0 Å². The standard InChI is InChI=1S/C18H18FN3O2/c19-14-3-1-12(2-4-14)17(23)21-15-5-6-16-13-7-11(8-20-9-13)10-22(16)18(15)24/h1-6,11,13,20H,7-10H2,(H,21,23)/t11-,13+/m0/s1. The van der Waals surface area contributed by atoms with E-state index in [1.807, 2.05) is 6.07 Å². The smallest absolute Gasteiger partial charge is 0.274 e. The molecule has 1 saturated heterocycles. The minimum absolute atomic E-state index is 0.167. The number of aromatic nitrogens is 1. The van der Waals surface area contributed by atoms with Crippen molar-refractivity contribution in [3.63, 3.8) is 0 Å². The summed E-state index contributed by atoms with van der Waals surface area (Å²) >= 11 is 0. The second kappa shape index (κ2) is 5.87. The van der Waals surface area contributed by atoms with E-state index in [0.717, 1.165) is 25.2 Å². The molecule has 2 aromatic rings. The van der Waals surface area contributed by atoms with Gasteiger partial charge in [-0.1, -0.05) is 0 Å². The second-order valence-electron chi connectivity index (χ2n) is 6.51. The van der Waals surface area contributed by atoms with Crippen LogP contribution in [0.5, 0.6) is 0 Å². The number of nitrogens with zero attached hydrogens (tertiary/aromatic N) is 1. The summed E-state index contributed by atoms with van der Waals surface area (Å²) < 4.78 is 14.7. The molecule has 1 aromatic carbocycles. The van der Waals surface area contributed by atoms with Crippen LogP contribution in [-0.4, -0.2) is 23.6 Å². The highest BCUT2D eigenvalue weighted by Crippen LogP contribution is 2.32. The first-order valence-corrected chi connectivity index (χ1v) is 8.13. The van der Waals surface area contributed by atoms with Crippen molar-refractivity contribution in [2.24, 2.45) is 5.92 Å². The third-order valence-corrected chi connectivity index (χ3v) is 4.86. The van der Waals surface area contributed by atoms with Crippen molar-refractivity contribution >= 4 is 11.6 Å². The van der Waals surface area contributed by atoms with Gasteiger partial charge in [0.2, 0.25) is 0 Å². The zero-order valence-electron chi connectivity index (χ0n) is 13.1. The Morgan fingerprint density at radius 2 is 1.96 bits per heavy atom. The molecule has 0 unspecified atom stereocenters. The number of piperidine rings is 1. The van der Waals surface area contributed by atoms with E-state index in [-0.39, 0.29) is 11.2 Å². The quantitative estimate of drug-likeness (QED) is 0.886. The number of nitrogens with one attached hydrogen (secondary N) is 2. The molecule has 2 aliphatic heterocycles. The first-order chi connectivity index (χ1) is 11.6. The zero-order valence-corrected chi connectivity index (χ0v) is 13.1. The van der Waals surface area contributed by atoms with Gasteiger partial charge < -0.3 is 15.2 Å². The number of fused-ring (bicyclic) bond motifs is 4. The number of pyridine rings is 1. The van der Waals surface area contributed by atoms with Crippen LogP contribution < -0.4 is 16.2 Å². The van der Waals surface area contributed by atoms with Gasteiger partial charge in [-0.2, -0.15) is 0 Å². The summed E-state index contributed by atoms with van der Waals surface area (Å²) in [5.41, 5.74) is 1.45. The predicted molar refractivity (Wildman–Crippen MR) is 88.8 cm³/mol. The molecule has 2 N–H and O–H groups in total. The third kappa shape index (κ3) is 2.63. The molecule has 1 fully saturated rings. The Hall–Kier alpha value is -2.47. The fourth-order valence-electron chi connectivity index (χ4n) is 3.68. The third-order valence-electron chi connectivity index (χ3n) is 4.86. The lowest BCUT2D eigenvalue weighted by atomic mass is 9.84. The number of benzene rings is 1. The maximum atomic E-state index is 13.0. The number of hydrogen-bond acceptors (Lipinski definition) is 3. The van der Waals surface area contributed by atoms with Crippen molar-refractivity contribution in [1.82, 2.24) is 9.88 Å². The molecule has 24 heavy (non-hydrogen) atoms. The van der Waals surface area contributed by atoms with Crippen LogP contribution in [0.2, 0.25) is 0 Å². The summed E-state index contributed by atoms with van der Waals surface area (Å²) in [5, 5.41) is 6.06. The minimum Gasteiger partial charge on any atom is -0.317 e. The highest BCUT2D eigenvalue weighted by atomic mass is 19.1. The van der Waals surface area contributed by atoms with Crippen molar-refractivity contribution in [1.29, 1.82) is 0 Å². The molecule has 5 nitrogen and oxygen atoms in total. The lowest BCUT2D eigenvalue weighted by Gasteiger charge is -2.37. The summed E-state index contributed by atoms with van der Waals surface area (Å²) in [6.07, 6.45) is 1.10. The van der Waals surface area contributed by atoms with Gasteiger partial charge in [0.1, 0.15) is 11.5 Å². The summed E-state index contributed by atoms with van der Waals surface area (Å²) in [4.78, 5) is 25.0. The molecule has 2 bridgehead atoms. The van der Waals surface area contributed by atoms with E-state index in [9.17, 15) is 14.0 Å². The molecular formula is C18H18FN3O2. The molecule has 0 saturated carbocycles. The van der Waals surface area contributed by atoms with E-state index in [4.69, 9.17) is 0 Å². The summed E-state index contributed by atoms with van der Waals surface area (Å²) in [7, 11) is 0. The molecule has 1 aromatic heterocycles. The van der Waals surface area contributed by atoms with Crippen LogP contribution in [0.1, 0.15) is 28.4 Å². The largest absolute Gasteiger partial charge is 0.317 e. The van der Waals surface area contributed by atoms with E-state index in [0.29, 0.717) is 23.9 Å². The number of rotatable bonds is 2. The van der Waals surface area contributed by atoms with E-state index < -0.39 is 11.7 Å². The van der Waals surface area contributed by atoms with Crippen LogP contribution in [0, 0.1) is 11.7 Å². The number of hydrogen-bond donors (Lipinski definition) is 2. The van der Waals surface area contributed by atoms with Gasteiger partial charge in [-0.15, -0.1) is 0 Å². The monoisotopic (exact) mass is 327 g/mol. The van der Waals surface area contributed by atoms with Crippen LogP contribution in [0.25, 0.3) is 0 Å². The highest BCUT2D eigenvalue weighted by molar-refractivity contribution is 6.04. The second-order valence-corrected chi connectivity index (χ2v) is 6.51. The number of carbonyl (C=O) groups excluding carboxylic acids is 1. The Kier molecular flexibility index (Phi) is 3.69. The van der Waals surface area contributed by atoms with Gasteiger partial charge in [-0.25, -0.2) is 4.39 Å². The summed E-state index contributed by atoms with van der Waals surface area (Å²) in [6, 6.07) is 8.85. The van der Waals surface area contributed by atoms with Crippen molar-refractivity contribution in [3.05, 3.63) is 63.8 Å². The molecule has 1 amide bonds. The maximum Gasteiger partial charge on any atom is 0.274 e. The van der Waals surface area contributed by atoms with Gasteiger partial charge in [0.15, 0.2) is 0 Å². The SMILES string of the molecule is O=C(Nc1ccc2n(c1=O)C[C@@H]1CNC[C@H]2C1)c1ccc(F)cc1. The maximum absolute atomic E-state index is 13.0. The van der Waals surface area contributed by atoms with Crippen molar-refractivity contribution in [3.8, 4) is 0 Å². The first-order valence-electron chi connectivity index (χ1n) is 8.13. The Labute approximate surface area is 138 Å². The number of amides is 1. The molecule has 0 radical (unpaired) electrons. The van der Waals surface area contributed by atoms with Crippen LogP contribution in [0.3, 0.4) is 0 Å². The molecule has 2 aliphatic rings. The van der Waals surface area contributed by atoms with Gasteiger partial charge in [-0.3, -0.25) is 9.59 Å². The summed E-state index contributed by atoms with van der Waals surface area (Å²) in [5.74, 6) is -0.00470. The highest BCUT2D eigenvalue weighted by Gasteiger charge is 2.31. The van der Waals surface area contributed by atoms with E-state index >= 15 is 0 Å². The van der Waals surface area contributed by atoms with Gasteiger partial charge in [0.25, 0.3) is 11.5 Å². The van der Waals surface area contributed by atoms with Gasteiger partial charge in [0, 0.05) is 30.3 Å². The molecule has 0 spiro atoms. The zero-order chi connectivity index (χ0) is 16.7. The molecule has 4 rings (SSSR count). The first kappa shape index (κ1) is 15.1. The predicted octanol–water partition coefficient (Wildman–Crippen LogP) is 1.95. The lowest BCUT2D eigenvalue weighted by molar-refractivity contribution is 0.102. The Balaban J connectivity index is 1.63. The normalized spacial score (nSPS) is 21.9. The molecule has 124 valence electrons. The van der Waals surface area contributed by atoms with Crippen molar-refractivity contribution in [2.45, 2.75) is 18.9 Å². The van der Waals surface area contributed by atoms with Crippen LogP contribution >= 0.6 is 0 Å². The van der Waals surface area contributed by atoms with Gasteiger partial charge >= 0.3 is 0 Å². The van der Waals surface area contributed by atoms with E-state index in [1.54, 1.807) is 10.6 Å². The molecule has 2 atom stereocenters. The van der Waals surface area contributed by atoms with Crippen LogP contribution in [-0.2, 0) is 6.54 Å². The number of carbonyl (C=O) groups is 1. The molecule has 3 heterocycles. The number of anilines is 1. The summed E-state index contributed by atoms with van der Waals surface area (Å²) in [6.45, 7) is 2.49. The molecule has 0 aliphatic carbocycles. The van der Waals surface area contributed by atoms with Crippen LogP contribution in [0.4, 0.5) is 10.1 Å². The van der Waals surface area contributed by atoms with Crippen molar-refractivity contribution in [2.75, 3.05) is 18.4 Å². The van der Waals surface area contributed by atoms with E-state index in [1.165, 1.54) is 24.3 Å². The minimum atomic E-state index is -0.412. The van der Waals surface area contributed by atoms with Gasteiger partial charge in [-0.05, 0) is 55.3 Å². The lowest BCUT2D eigenvalue weighted by Crippen LogP contribution is -2.45. The van der Waals surface area contributed by atoms with E-state index in [2.05, 4.69) is 10.6 Å². The Morgan fingerprint density at radius 1 is 1.17 bits per heavy atom. The fourth-order valence-corrected chi connectivity index (χ4v) is 3.68. The Morgan fingerprint density at radius 3 is 2.75 bits per heavy atom. The molecule has 6 heteroatoms. The van der Waals surface area contributed by atoms with Crippen LogP contribution in [0.15, 0.2) is 41.2 Å². The van der Waals surface area contributed by atoms with Crippen molar-refractivity contribution < 1.29 is 9.18 Å². The average molecular weight is 327 g/mol. The topological polar surface area (TPSA) is 63.1 Å². The average Bonchev–Trinajstić information content (AvgIpc) is 2.59. The Bertz CT molecular complexity index is 844. The molecular weight excluding hydrogens is 309 g/mol. The fraction of sp³-hybridized carbons (Fsp3) is 0.333.